The number of halogens is 1. The highest BCUT2D eigenvalue weighted by atomic mass is 32.2. The fraction of sp³-hybridized carbons (Fsp3) is 0.462. The number of nitrogens with one attached hydrogen (secondary N) is 1. The maximum absolute atomic E-state index is 13.5. The summed E-state index contributed by atoms with van der Waals surface area (Å²) in [6.45, 7) is 0.472. The van der Waals surface area contributed by atoms with Gasteiger partial charge in [-0.2, -0.15) is 11.8 Å². The van der Waals surface area contributed by atoms with E-state index in [0.717, 1.165) is 31.1 Å². The molecule has 1 aromatic carbocycles. The van der Waals surface area contributed by atoms with Crippen molar-refractivity contribution in [2.75, 3.05) is 23.9 Å². The molecule has 0 unspecified atom stereocenters. The monoisotopic (exact) mass is 316 g/mol. The molecular weight excluding hydrogens is 299 g/mol. The largest absolute Gasteiger partial charge is 0.478 e. The topological polar surface area (TPSA) is 92.5 Å². The SMILES string of the molecule is CSCCCCCNc1cc(C(=O)O)c(F)cc1[N+](=O)[O-]. The predicted octanol–water partition coefficient (Wildman–Crippen LogP) is 3.38. The van der Waals surface area contributed by atoms with E-state index in [2.05, 4.69) is 5.32 Å². The van der Waals surface area contributed by atoms with Crippen molar-refractivity contribution in [3.8, 4) is 0 Å². The fourth-order valence-electron chi connectivity index (χ4n) is 1.79. The standard InChI is InChI=1S/C13H17FN2O4S/c1-21-6-4-2-3-5-15-11-7-9(13(17)18)10(14)8-12(11)16(19)20/h7-8,15H,2-6H2,1H3,(H,17,18). The fourth-order valence-corrected chi connectivity index (χ4v) is 2.28. The van der Waals surface area contributed by atoms with Crippen molar-refractivity contribution >= 4 is 29.1 Å². The van der Waals surface area contributed by atoms with Crippen molar-refractivity contribution in [3.05, 3.63) is 33.6 Å². The van der Waals surface area contributed by atoms with Crippen LogP contribution in [0, 0.1) is 15.9 Å². The van der Waals surface area contributed by atoms with Gasteiger partial charge in [0.1, 0.15) is 11.5 Å². The second-order valence-electron chi connectivity index (χ2n) is 4.39. The zero-order chi connectivity index (χ0) is 15.8. The molecule has 0 aliphatic rings. The van der Waals surface area contributed by atoms with Crippen LogP contribution >= 0.6 is 11.8 Å². The average molecular weight is 316 g/mol. The van der Waals surface area contributed by atoms with Crippen molar-refractivity contribution in [1.82, 2.24) is 0 Å². The van der Waals surface area contributed by atoms with Gasteiger partial charge in [-0.05, 0) is 30.9 Å². The van der Waals surface area contributed by atoms with Crippen molar-refractivity contribution < 1.29 is 19.2 Å². The number of thioether (sulfide) groups is 1. The number of anilines is 1. The van der Waals surface area contributed by atoms with Crippen LogP contribution in [0.5, 0.6) is 0 Å². The lowest BCUT2D eigenvalue weighted by molar-refractivity contribution is -0.384. The molecule has 0 bridgehead atoms. The van der Waals surface area contributed by atoms with Crippen LogP contribution in [0.3, 0.4) is 0 Å². The lowest BCUT2D eigenvalue weighted by Crippen LogP contribution is -2.08. The van der Waals surface area contributed by atoms with Crippen molar-refractivity contribution in [2.45, 2.75) is 19.3 Å². The molecule has 116 valence electrons. The van der Waals surface area contributed by atoms with E-state index < -0.39 is 28.0 Å². The van der Waals surface area contributed by atoms with E-state index in [1.54, 1.807) is 11.8 Å². The minimum Gasteiger partial charge on any atom is -0.478 e. The maximum Gasteiger partial charge on any atom is 0.338 e. The molecule has 0 heterocycles. The first kappa shape index (κ1) is 17.2. The Kier molecular flexibility index (Phi) is 6.93. The third-order valence-corrected chi connectivity index (χ3v) is 3.55. The summed E-state index contributed by atoms with van der Waals surface area (Å²) in [7, 11) is 0. The van der Waals surface area contributed by atoms with Crippen molar-refractivity contribution in [2.24, 2.45) is 0 Å². The summed E-state index contributed by atoms with van der Waals surface area (Å²) in [5, 5.41) is 22.5. The van der Waals surface area contributed by atoms with Crippen LogP contribution in [-0.2, 0) is 0 Å². The van der Waals surface area contributed by atoms with E-state index in [0.29, 0.717) is 12.6 Å². The van der Waals surface area contributed by atoms with Gasteiger partial charge in [0.2, 0.25) is 0 Å². The van der Waals surface area contributed by atoms with Crippen LogP contribution in [0.25, 0.3) is 0 Å². The number of aromatic carboxylic acids is 1. The van der Waals surface area contributed by atoms with Crippen LogP contribution < -0.4 is 5.32 Å². The minimum atomic E-state index is -1.45. The number of rotatable bonds is 9. The number of unbranched alkanes of at least 4 members (excludes halogenated alkanes) is 2. The first-order valence-corrected chi connectivity index (χ1v) is 7.80. The summed E-state index contributed by atoms with van der Waals surface area (Å²) in [5.74, 6) is -1.51. The number of hydrogen-bond donors (Lipinski definition) is 2. The van der Waals surface area contributed by atoms with E-state index in [1.807, 2.05) is 6.26 Å². The van der Waals surface area contributed by atoms with Gasteiger partial charge >= 0.3 is 5.97 Å². The van der Waals surface area contributed by atoms with E-state index in [9.17, 15) is 19.3 Å². The van der Waals surface area contributed by atoms with Gasteiger partial charge in [0.05, 0.1) is 16.6 Å². The summed E-state index contributed by atoms with van der Waals surface area (Å²) in [5.41, 5.74) is -1.00. The second kappa shape index (κ2) is 8.46. The summed E-state index contributed by atoms with van der Waals surface area (Å²) in [6, 6.07) is 1.61. The first-order valence-electron chi connectivity index (χ1n) is 6.41. The molecule has 6 nitrogen and oxygen atoms in total. The Morgan fingerprint density at radius 2 is 2.14 bits per heavy atom. The number of nitrogens with zero attached hydrogens (tertiary/aromatic N) is 1. The van der Waals surface area contributed by atoms with Crippen LogP contribution in [0.4, 0.5) is 15.8 Å². The van der Waals surface area contributed by atoms with Gasteiger partial charge in [0.15, 0.2) is 0 Å². The molecule has 0 fully saturated rings. The molecular formula is C13H17FN2O4S. The van der Waals surface area contributed by atoms with Gasteiger partial charge in [-0.3, -0.25) is 10.1 Å². The van der Waals surface area contributed by atoms with Gasteiger partial charge in [-0.1, -0.05) is 6.42 Å². The molecule has 0 spiro atoms. The number of nitro benzene ring substituents is 1. The summed E-state index contributed by atoms with van der Waals surface area (Å²) in [6.07, 6.45) is 4.84. The van der Waals surface area contributed by atoms with Crippen molar-refractivity contribution in [3.63, 3.8) is 0 Å². The molecule has 0 aliphatic carbocycles. The molecule has 21 heavy (non-hydrogen) atoms. The lowest BCUT2D eigenvalue weighted by Gasteiger charge is -2.08. The molecule has 0 radical (unpaired) electrons. The highest BCUT2D eigenvalue weighted by molar-refractivity contribution is 7.98. The van der Waals surface area contributed by atoms with Crippen LogP contribution in [0.15, 0.2) is 12.1 Å². The van der Waals surface area contributed by atoms with Crippen LogP contribution in [0.2, 0.25) is 0 Å². The van der Waals surface area contributed by atoms with Crippen molar-refractivity contribution in [1.29, 1.82) is 0 Å². The Hall–Kier alpha value is -1.83. The lowest BCUT2D eigenvalue weighted by atomic mass is 10.1. The predicted molar refractivity (Wildman–Crippen MR) is 80.7 cm³/mol. The Morgan fingerprint density at radius 1 is 1.43 bits per heavy atom. The van der Waals surface area contributed by atoms with Gasteiger partial charge < -0.3 is 10.4 Å². The quantitative estimate of drug-likeness (QED) is 0.412. The molecule has 1 rings (SSSR count). The van der Waals surface area contributed by atoms with E-state index >= 15 is 0 Å². The summed E-state index contributed by atoms with van der Waals surface area (Å²) >= 11 is 1.75. The van der Waals surface area contributed by atoms with Gasteiger partial charge in [-0.15, -0.1) is 0 Å². The highest BCUT2D eigenvalue weighted by Gasteiger charge is 2.21. The smallest absolute Gasteiger partial charge is 0.338 e. The normalized spacial score (nSPS) is 10.4. The maximum atomic E-state index is 13.5. The third-order valence-electron chi connectivity index (χ3n) is 2.85. The molecule has 8 heteroatoms. The number of carbonyl (C=O) groups is 1. The Balaban J connectivity index is 2.76. The zero-order valence-corrected chi connectivity index (χ0v) is 12.4. The summed E-state index contributed by atoms with van der Waals surface area (Å²) in [4.78, 5) is 21.0. The van der Waals surface area contributed by atoms with Crippen LogP contribution in [0.1, 0.15) is 29.6 Å². The zero-order valence-electron chi connectivity index (χ0n) is 11.6. The number of carboxylic acids is 1. The van der Waals surface area contributed by atoms with Gasteiger partial charge in [-0.25, -0.2) is 9.18 Å². The average Bonchev–Trinajstić information content (AvgIpc) is 2.43. The molecule has 1 aromatic rings. The first-order chi connectivity index (χ1) is 9.97. The highest BCUT2D eigenvalue weighted by Crippen LogP contribution is 2.28. The third kappa shape index (κ3) is 5.22. The van der Waals surface area contributed by atoms with Gasteiger partial charge in [0, 0.05) is 6.54 Å². The number of nitro groups is 1. The van der Waals surface area contributed by atoms with E-state index in [1.165, 1.54) is 0 Å². The summed E-state index contributed by atoms with van der Waals surface area (Å²) < 4.78 is 13.5. The molecule has 0 amide bonds. The number of benzene rings is 1. The Labute approximate surface area is 125 Å². The van der Waals surface area contributed by atoms with E-state index in [-0.39, 0.29) is 5.69 Å². The Bertz CT molecular complexity index is 525. The number of carboxylic acid groups (broad SMARTS) is 1. The van der Waals surface area contributed by atoms with Gasteiger partial charge in [0.25, 0.3) is 5.69 Å². The molecule has 0 atom stereocenters. The molecule has 0 saturated carbocycles. The second-order valence-corrected chi connectivity index (χ2v) is 5.38. The minimum absolute atomic E-state index is 0.0312. The van der Waals surface area contributed by atoms with E-state index in [4.69, 9.17) is 5.11 Å². The molecule has 0 aliphatic heterocycles. The molecule has 0 saturated heterocycles. The number of hydrogen-bond acceptors (Lipinski definition) is 5. The van der Waals surface area contributed by atoms with Crippen LogP contribution in [-0.4, -0.2) is 34.6 Å². The molecule has 2 N–H and O–H groups in total. The molecule has 0 aromatic heterocycles. The Morgan fingerprint density at radius 3 is 2.71 bits per heavy atom.